The fourth-order valence-corrected chi connectivity index (χ4v) is 0. The van der Waals surface area contributed by atoms with Gasteiger partial charge in [-0.05, 0) is 0 Å². The van der Waals surface area contributed by atoms with Crippen molar-refractivity contribution < 1.29 is 91.6 Å². The van der Waals surface area contributed by atoms with E-state index in [4.69, 9.17) is 0 Å². The summed E-state index contributed by atoms with van der Waals surface area (Å²) in [6.45, 7) is 0. The maximum absolute atomic E-state index is 0. The second-order valence-electron chi connectivity index (χ2n) is 0. The van der Waals surface area contributed by atoms with Crippen LogP contribution in [0.15, 0.2) is 0 Å². The topological polar surface area (TPSA) is 0 Å². The van der Waals surface area contributed by atoms with Crippen LogP contribution >= 0.6 is 0 Å². The number of rotatable bonds is 0. The van der Waals surface area contributed by atoms with E-state index >= 15 is 0 Å². The summed E-state index contributed by atoms with van der Waals surface area (Å²) < 4.78 is 0. The normalized spacial score (nSPS) is 0. The molecule has 7 heteroatoms. The Morgan fingerprint density at radius 2 is 0.429 bits per heavy atom. The zero-order valence-electron chi connectivity index (χ0n) is 3.39. The van der Waals surface area contributed by atoms with Crippen LogP contribution in [-0.4, -0.2) is 23.9 Å². The van der Waals surface area contributed by atoms with Crippen LogP contribution in [0.3, 0.4) is 0 Å². The van der Waals surface area contributed by atoms with Crippen LogP contribution in [0.25, 0.3) is 0 Å². The second-order valence-corrected chi connectivity index (χ2v) is 0. The molecular formula is Cl5NaSn. The summed E-state index contributed by atoms with van der Waals surface area (Å²) in [5, 5.41) is 0. The molecule has 0 saturated carbocycles. The van der Waals surface area contributed by atoms with Crippen molar-refractivity contribution in [1.29, 1.82) is 0 Å². The Bertz CT molecular complexity index is 8.04. The molecule has 0 heterocycles. The third-order valence-corrected chi connectivity index (χ3v) is 0. The minimum Gasteiger partial charge on any atom is -1.00 e. The summed E-state index contributed by atoms with van der Waals surface area (Å²) in [6, 6.07) is 0. The third kappa shape index (κ3) is 46.0. The Balaban J connectivity index is 0. The number of hydrogen-bond acceptors (Lipinski definition) is 0. The van der Waals surface area contributed by atoms with Gasteiger partial charge in [-0.3, -0.25) is 0 Å². The summed E-state index contributed by atoms with van der Waals surface area (Å²) in [6.07, 6.45) is 0. The van der Waals surface area contributed by atoms with Crippen molar-refractivity contribution in [2.45, 2.75) is 0 Å². The molecule has 0 aromatic carbocycles. The van der Waals surface area contributed by atoms with E-state index in [1.165, 1.54) is 0 Å². The molecule has 7 heavy (non-hydrogen) atoms. The van der Waals surface area contributed by atoms with E-state index in [2.05, 4.69) is 0 Å². The van der Waals surface area contributed by atoms with Crippen molar-refractivity contribution in [3.8, 4) is 0 Å². The number of hydrogen-bond donors (Lipinski definition) is 0. The Labute approximate surface area is 114 Å². The largest absolute Gasteiger partial charge is 4.00 e. The predicted molar refractivity (Wildman–Crippen MR) is 5.75 cm³/mol. The fourth-order valence-electron chi connectivity index (χ4n) is 0. The van der Waals surface area contributed by atoms with E-state index in [1.807, 2.05) is 0 Å². The maximum atomic E-state index is 0. The Kier molecular flexibility index (Phi) is 708. The first-order chi connectivity index (χ1) is 0. The quantitative estimate of drug-likeness (QED) is 0.389. The van der Waals surface area contributed by atoms with E-state index in [0.717, 1.165) is 0 Å². The molecule has 0 radical (unpaired) electrons. The maximum Gasteiger partial charge on any atom is 4.00 e. The molecule has 0 rings (SSSR count). The van der Waals surface area contributed by atoms with E-state index in [0.29, 0.717) is 0 Å². The molecule has 0 spiro atoms. The molecule has 0 nitrogen and oxygen atoms in total. The van der Waals surface area contributed by atoms with Crippen LogP contribution in [-0.2, 0) is 0 Å². The molecule has 0 bridgehead atoms. The number of halogens is 5. The van der Waals surface area contributed by atoms with Crippen molar-refractivity contribution in [3.05, 3.63) is 0 Å². The first kappa shape index (κ1) is 83.1. The smallest absolute Gasteiger partial charge is 1.00 e. The molecule has 0 saturated heterocycles. The van der Waals surface area contributed by atoms with E-state index in [9.17, 15) is 0 Å². The average Bonchev–Trinajstić information content (AvgIpc) is 0. The predicted octanol–water partition coefficient (Wildman–Crippen LogP) is -18.4. The zero-order valence-corrected chi connectivity index (χ0v) is 12.0. The van der Waals surface area contributed by atoms with Crippen LogP contribution < -0.4 is 91.6 Å². The molecule has 0 unspecified atom stereocenters. The van der Waals surface area contributed by atoms with Gasteiger partial charge in [0.2, 0.25) is 0 Å². The Morgan fingerprint density at radius 1 is 0.429 bits per heavy atom. The van der Waals surface area contributed by atoms with Crippen LogP contribution in [0.1, 0.15) is 0 Å². The van der Waals surface area contributed by atoms with Gasteiger partial charge in [-0.1, -0.05) is 0 Å². The minimum absolute atomic E-state index is 0. The summed E-state index contributed by atoms with van der Waals surface area (Å²) in [5.41, 5.74) is 0. The van der Waals surface area contributed by atoms with Crippen LogP contribution in [0.2, 0.25) is 0 Å². The van der Waals surface area contributed by atoms with Crippen molar-refractivity contribution in [3.63, 3.8) is 0 Å². The molecule has 0 aliphatic heterocycles. The monoisotopic (exact) mass is 318 g/mol. The molecule has 0 amide bonds. The van der Waals surface area contributed by atoms with Crippen molar-refractivity contribution in [2.75, 3.05) is 0 Å². The summed E-state index contributed by atoms with van der Waals surface area (Å²) in [4.78, 5) is 0. The third-order valence-electron chi connectivity index (χ3n) is 0. The standard InChI is InChI=1S/5ClH.Na.Sn/h5*1H;;/q;;;;;+1;+4/p-5. The van der Waals surface area contributed by atoms with E-state index in [1.54, 1.807) is 0 Å². The molecule has 40 valence electrons. The van der Waals surface area contributed by atoms with Gasteiger partial charge < -0.3 is 62.0 Å². The first-order valence-electron chi connectivity index (χ1n) is 0. The SMILES string of the molecule is [Cl-].[Cl-].[Cl-].[Cl-].[Cl-].[Na+].[Sn+4]. The Hall–Kier alpha value is 3.25. The second kappa shape index (κ2) is 59.6. The average molecular weight is 319 g/mol. The van der Waals surface area contributed by atoms with Crippen molar-refractivity contribution in [1.82, 2.24) is 0 Å². The van der Waals surface area contributed by atoms with Gasteiger partial charge in [-0.15, -0.1) is 0 Å². The fraction of sp³-hybridized carbons (Fsp3) is 0. The molecule has 0 aromatic rings. The van der Waals surface area contributed by atoms with Gasteiger partial charge in [-0.25, -0.2) is 0 Å². The van der Waals surface area contributed by atoms with Crippen LogP contribution in [0, 0.1) is 0 Å². The van der Waals surface area contributed by atoms with Gasteiger partial charge >= 0.3 is 53.5 Å². The van der Waals surface area contributed by atoms with E-state index in [-0.39, 0.29) is 116 Å². The summed E-state index contributed by atoms with van der Waals surface area (Å²) in [5.74, 6) is 0. The Morgan fingerprint density at radius 3 is 0.429 bits per heavy atom. The van der Waals surface area contributed by atoms with Gasteiger partial charge in [0.15, 0.2) is 0 Å². The van der Waals surface area contributed by atoms with Gasteiger partial charge in [0, 0.05) is 0 Å². The molecule has 0 fully saturated rings. The van der Waals surface area contributed by atoms with Gasteiger partial charge in [0.1, 0.15) is 0 Å². The van der Waals surface area contributed by atoms with E-state index < -0.39 is 0 Å². The minimum atomic E-state index is 0. The summed E-state index contributed by atoms with van der Waals surface area (Å²) >= 11 is 0. The molecule has 0 N–H and O–H groups in total. The van der Waals surface area contributed by atoms with Gasteiger partial charge in [0.25, 0.3) is 0 Å². The van der Waals surface area contributed by atoms with Crippen molar-refractivity contribution >= 4 is 23.9 Å². The molecule has 0 aliphatic rings. The molecular weight excluding hydrogens is 319 g/mol. The summed E-state index contributed by atoms with van der Waals surface area (Å²) in [7, 11) is 0. The molecule has 0 atom stereocenters. The van der Waals surface area contributed by atoms with Crippen LogP contribution in [0.4, 0.5) is 0 Å². The molecule has 0 aliphatic carbocycles. The van der Waals surface area contributed by atoms with Crippen molar-refractivity contribution in [2.24, 2.45) is 0 Å². The molecule has 0 aromatic heterocycles. The van der Waals surface area contributed by atoms with Crippen LogP contribution in [0.5, 0.6) is 0 Å². The zero-order chi connectivity index (χ0) is 0. The van der Waals surface area contributed by atoms with Gasteiger partial charge in [0.05, 0.1) is 0 Å². The first-order valence-corrected chi connectivity index (χ1v) is 0. The van der Waals surface area contributed by atoms with Gasteiger partial charge in [-0.2, -0.15) is 0 Å².